The molecule has 9 heteroatoms. The van der Waals surface area contributed by atoms with Crippen LogP contribution < -0.4 is 10.6 Å². The van der Waals surface area contributed by atoms with E-state index in [-0.39, 0.29) is 12.1 Å². The Hall–Kier alpha value is -5.10. The van der Waals surface area contributed by atoms with Gasteiger partial charge in [-0.1, -0.05) is 42.3 Å². The number of benzene rings is 2. The van der Waals surface area contributed by atoms with Crippen LogP contribution in [0.3, 0.4) is 0 Å². The number of carbonyl (C=O) groups excluding carboxylic acids is 2. The number of hydrogen-bond acceptors (Lipinski definition) is 5. The molecule has 1 aliphatic heterocycles. The molecule has 3 amide bonds. The van der Waals surface area contributed by atoms with Crippen molar-refractivity contribution in [3.63, 3.8) is 0 Å². The van der Waals surface area contributed by atoms with Crippen LogP contribution in [0.15, 0.2) is 84.2 Å². The fourth-order valence-electron chi connectivity index (χ4n) is 3.92. The fourth-order valence-corrected chi connectivity index (χ4v) is 3.92. The number of anilines is 2. The van der Waals surface area contributed by atoms with Gasteiger partial charge in [-0.15, -0.1) is 0 Å². The number of hydrazone groups is 1. The average molecular weight is 479 g/mol. The minimum absolute atomic E-state index is 0.136. The summed E-state index contributed by atoms with van der Waals surface area (Å²) >= 11 is 0. The molecule has 0 radical (unpaired) electrons. The van der Waals surface area contributed by atoms with Crippen molar-refractivity contribution in [2.24, 2.45) is 5.10 Å². The third-order valence-electron chi connectivity index (χ3n) is 5.63. The number of nitrogens with one attached hydrogen (secondary N) is 2. The highest BCUT2D eigenvalue weighted by Gasteiger charge is 2.28. The molecule has 2 N–H and O–H groups in total. The number of amides is 3. The minimum Gasteiger partial charge on any atom is -0.453 e. The van der Waals surface area contributed by atoms with Gasteiger partial charge in [0.25, 0.3) is 0 Å². The van der Waals surface area contributed by atoms with Gasteiger partial charge in [-0.3, -0.25) is 9.72 Å². The number of carbonyl (C=O) groups is 2. The van der Waals surface area contributed by atoms with E-state index >= 15 is 0 Å². The molecule has 0 saturated carbocycles. The van der Waals surface area contributed by atoms with Gasteiger partial charge in [0.2, 0.25) is 0 Å². The predicted octanol–water partition coefficient (Wildman–Crippen LogP) is 4.88. The zero-order valence-corrected chi connectivity index (χ0v) is 19.4. The van der Waals surface area contributed by atoms with Crippen LogP contribution in [0.25, 0.3) is 5.65 Å². The van der Waals surface area contributed by atoms with Gasteiger partial charge in [-0.25, -0.2) is 19.6 Å². The molecule has 5 rings (SSSR count). The zero-order valence-electron chi connectivity index (χ0n) is 19.4. The number of aromatic nitrogens is 2. The Bertz CT molecular complexity index is 1520. The third kappa shape index (κ3) is 4.74. The summed E-state index contributed by atoms with van der Waals surface area (Å²) in [6.07, 6.45) is 5.28. The lowest BCUT2D eigenvalue weighted by Gasteiger charge is -2.22. The number of imidazole rings is 1. The summed E-state index contributed by atoms with van der Waals surface area (Å²) in [6, 6.07) is 20.2. The van der Waals surface area contributed by atoms with Crippen molar-refractivity contribution in [2.45, 2.75) is 12.5 Å². The maximum Gasteiger partial charge on any atom is 0.411 e. The molecule has 1 aliphatic rings. The van der Waals surface area contributed by atoms with E-state index in [1.807, 2.05) is 48.7 Å². The first-order chi connectivity index (χ1) is 17.6. The Kier molecular flexibility index (Phi) is 6.32. The van der Waals surface area contributed by atoms with Gasteiger partial charge in [0.1, 0.15) is 5.69 Å². The van der Waals surface area contributed by atoms with Crippen molar-refractivity contribution in [1.82, 2.24) is 14.4 Å². The lowest BCUT2D eigenvalue weighted by atomic mass is 10.1. The fraction of sp³-hybridized carbons (Fsp3) is 0.111. The van der Waals surface area contributed by atoms with Gasteiger partial charge in [0.05, 0.1) is 25.0 Å². The topological polar surface area (TPSA) is 100 Å². The van der Waals surface area contributed by atoms with Crippen molar-refractivity contribution in [3.05, 3.63) is 95.9 Å². The molecular formula is C27H22N6O3. The summed E-state index contributed by atoms with van der Waals surface area (Å²) in [6.45, 7) is 0. The molecule has 4 aromatic rings. The summed E-state index contributed by atoms with van der Waals surface area (Å²) in [5.74, 6) is 6.21. The number of fused-ring (bicyclic) bond motifs is 1. The molecule has 1 unspecified atom stereocenters. The maximum atomic E-state index is 12.9. The zero-order chi connectivity index (χ0) is 24.9. The number of urea groups is 1. The van der Waals surface area contributed by atoms with Crippen LogP contribution in [0.2, 0.25) is 0 Å². The Morgan fingerprint density at radius 3 is 2.72 bits per heavy atom. The highest BCUT2D eigenvalue weighted by molar-refractivity contribution is 5.91. The number of nitrogens with zero attached hydrogens (tertiary/aromatic N) is 4. The van der Waals surface area contributed by atoms with Crippen LogP contribution in [-0.4, -0.2) is 39.8 Å². The van der Waals surface area contributed by atoms with E-state index in [9.17, 15) is 9.59 Å². The summed E-state index contributed by atoms with van der Waals surface area (Å²) in [4.78, 5) is 28.9. The monoisotopic (exact) mass is 478 g/mol. The normalized spacial score (nSPS) is 14.2. The van der Waals surface area contributed by atoms with E-state index in [1.54, 1.807) is 41.1 Å². The molecule has 2 aromatic heterocycles. The van der Waals surface area contributed by atoms with Crippen LogP contribution in [0.4, 0.5) is 21.0 Å². The van der Waals surface area contributed by atoms with Gasteiger partial charge >= 0.3 is 12.1 Å². The van der Waals surface area contributed by atoms with Crippen LogP contribution in [0.1, 0.15) is 29.3 Å². The van der Waals surface area contributed by atoms with Crippen LogP contribution >= 0.6 is 0 Å². The molecule has 1 atom stereocenters. The molecule has 2 aromatic carbocycles. The second-order valence-corrected chi connectivity index (χ2v) is 7.94. The van der Waals surface area contributed by atoms with Crippen LogP contribution in [0.5, 0.6) is 0 Å². The number of pyridine rings is 1. The molecule has 0 saturated heterocycles. The van der Waals surface area contributed by atoms with Gasteiger partial charge < -0.3 is 10.1 Å². The van der Waals surface area contributed by atoms with Crippen molar-refractivity contribution in [2.75, 3.05) is 17.7 Å². The second-order valence-electron chi connectivity index (χ2n) is 7.94. The Morgan fingerprint density at radius 2 is 1.89 bits per heavy atom. The van der Waals surface area contributed by atoms with E-state index in [0.717, 1.165) is 11.1 Å². The highest BCUT2D eigenvalue weighted by Crippen LogP contribution is 2.28. The Morgan fingerprint density at radius 1 is 1.03 bits per heavy atom. The lowest BCUT2D eigenvalue weighted by molar-refractivity contribution is 0.187. The molecule has 0 spiro atoms. The molecule has 0 bridgehead atoms. The molecule has 178 valence electrons. The van der Waals surface area contributed by atoms with E-state index in [0.29, 0.717) is 29.1 Å². The molecule has 36 heavy (non-hydrogen) atoms. The van der Waals surface area contributed by atoms with Gasteiger partial charge in [-0.2, -0.15) is 5.10 Å². The molecule has 0 fully saturated rings. The SMILES string of the molecule is COC(=O)Nc1cccn2c(C#Cc3cccc(NC(=O)N4N=CCC4c4ccccc4)c3)cnc12. The summed E-state index contributed by atoms with van der Waals surface area (Å²) in [5, 5.41) is 11.3. The van der Waals surface area contributed by atoms with Crippen LogP contribution in [-0.2, 0) is 4.74 Å². The van der Waals surface area contributed by atoms with Crippen molar-refractivity contribution >= 4 is 35.4 Å². The quantitative estimate of drug-likeness (QED) is 0.410. The van der Waals surface area contributed by atoms with E-state index in [1.165, 1.54) is 12.1 Å². The average Bonchev–Trinajstić information content (AvgIpc) is 3.56. The van der Waals surface area contributed by atoms with Gasteiger partial charge in [0, 0.05) is 30.1 Å². The predicted molar refractivity (Wildman–Crippen MR) is 137 cm³/mol. The Balaban J connectivity index is 1.32. The molecular weight excluding hydrogens is 456 g/mol. The van der Waals surface area contributed by atoms with E-state index < -0.39 is 6.09 Å². The second kappa shape index (κ2) is 10.0. The standard InChI is InChI=1S/C27H22N6O3/c1-36-27(35)31-23-11-6-16-32-22(18-28-25(23)32)13-12-19-7-5-10-21(17-19)30-26(34)33-24(14-15-29-33)20-8-3-2-4-9-20/h2-11,15-18,24H,14H2,1H3,(H,30,34)(H,31,35). The Labute approximate surface area is 207 Å². The van der Waals surface area contributed by atoms with Crippen LogP contribution in [0, 0.1) is 11.8 Å². The first-order valence-corrected chi connectivity index (χ1v) is 11.2. The smallest absolute Gasteiger partial charge is 0.411 e. The first kappa shape index (κ1) is 22.7. The number of hydrogen-bond donors (Lipinski definition) is 2. The number of ether oxygens (including phenoxy) is 1. The number of rotatable bonds is 3. The first-order valence-electron chi connectivity index (χ1n) is 11.2. The van der Waals surface area contributed by atoms with Crippen molar-refractivity contribution in [1.29, 1.82) is 0 Å². The molecule has 3 heterocycles. The van der Waals surface area contributed by atoms with E-state index in [2.05, 4.69) is 37.3 Å². The van der Waals surface area contributed by atoms with Gasteiger partial charge in [-0.05, 0) is 41.8 Å². The van der Waals surface area contributed by atoms with E-state index in [4.69, 9.17) is 0 Å². The molecule has 0 aliphatic carbocycles. The summed E-state index contributed by atoms with van der Waals surface area (Å²) in [7, 11) is 1.30. The maximum absolute atomic E-state index is 12.9. The van der Waals surface area contributed by atoms with Crippen molar-refractivity contribution in [3.8, 4) is 11.8 Å². The minimum atomic E-state index is -0.577. The summed E-state index contributed by atoms with van der Waals surface area (Å²) < 4.78 is 6.44. The third-order valence-corrected chi connectivity index (χ3v) is 5.63. The van der Waals surface area contributed by atoms with Crippen molar-refractivity contribution < 1.29 is 14.3 Å². The van der Waals surface area contributed by atoms with Gasteiger partial charge in [0.15, 0.2) is 5.65 Å². The highest BCUT2D eigenvalue weighted by atomic mass is 16.5. The largest absolute Gasteiger partial charge is 0.453 e. The lowest BCUT2D eigenvalue weighted by Crippen LogP contribution is -2.31. The number of methoxy groups -OCH3 is 1. The summed E-state index contributed by atoms with van der Waals surface area (Å²) in [5.41, 5.74) is 4.07. The molecule has 9 nitrogen and oxygen atoms in total.